The van der Waals surface area contributed by atoms with Gasteiger partial charge in [0, 0.05) is 11.5 Å². The van der Waals surface area contributed by atoms with Gasteiger partial charge in [0.15, 0.2) is 6.20 Å². The van der Waals surface area contributed by atoms with Gasteiger partial charge in [-0.1, -0.05) is 68.1 Å². The molecule has 0 N–H and O–H groups in total. The molecule has 0 bridgehead atoms. The first-order valence-corrected chi connectivity index (χ1v) is 12.3. The minimum absolute atomic E-state index is 0.853. The predicted octanol–water partition coefficient (Wildman–Crippen LogP) is 7.78. The van der Waals surface area contributed by atoms with E-state index in [-0.39, 0.29) is 0 Å². The topological polar surface area (TPSA) is 13.1 Å². The number of ether oxygens (including phenoxy) is 1. The second-order valence-electron chi connectivity index (χ2n) is 10.0. The number of benzene rings is 4. The lowest BCUT2D eigenvalue weighted by atomic mass is 9.89. The summed E-state index contributed by atoms with van der Waals surface area (Å²) in [5.41, 5.74) is 5.21. The van der Waals surface area contributed by atoms with Gasteiger partial charge in [-0.05, 0) is 64.1 Å². The molecule has 1 fully saturated rings. The zero-order chi connectivity index (χ0) is 22.1. The van der Waals surface area contributed by atoms with Crippen LogP contribution in [0.25, 0.3) is 43.6 Å². The zero-order valence-corrected chi connectivity index (χ0v) is 19.3. The van der Waals surface area contributed by atoms with E-state index in [2.05, 4.69) is 85.4 Å². The minimum Gasteiger partial charge on any atom is -0.456 e. The summed E-state index contributed by atoms with van der Waals surface area (Å²) in [4.78, 5) is 0. The molecule has 0 atom stereocenters. The lowest BCUT2D eigenvalue weighted by Gasteiger charge is -2.23. The van der Waals surface area contributed by atoms with Crippen LogP contribution in [-0.4, -0.2) is 0 Å². The normalized spacial score (nSPS) is 15.3. The number of rotatable bonds is 2. The number of nitrogens with zero attached hydrogens (tertiary/aromatic N) is 1. The quantitative estimate of drug-likeness (QED) is 0.202. The van der Waals surface area contributed by atoms with Gasteiger partial charge in [0.25, 0.3) is 0 Å². The highest BCUT2D eigenvalue weighted by Crippen LogP contribution is 2.49. The van der Waals surface area contributed by atoms with Crippen molar-refractivity contribution < 1.29 is 9.30 Å². The lowest BCUT2D eigenvalue weighted by molar-refractivity contribution is -0.659. The number of pyridine rings is 1. The van der Waals surface area contributed by atoms with E-state index >= 15 is 0 Å². The van der Waals surface area contributed by atoms with Crippen molar-refractivity contribution in [1.82, 2.24) is 0 Å². The van der Waals surface area contributed by atoms with Crippen molar-refractivity contribution in [2.75, 3.05) is 0 Å². The molecule has 7 rings (SSSR count). The summed E-state index contributed by atoms with van der Waals surface area (Å²) < 4.78 is 8.92. The van der Waals surface area contributed by atoms with E-state index in [0.717, 1.165) is 17.4 Å². The SMILES string of the molecule is Cc1c2c(cc3ccccc13)Oc1cc3cc(CC4CCCC4)ccc3c3cc[n+](C)c-2c13. The molecule has 2 aliphatic rings. The van der Waals surface area contributed by atoms with Crippen molar-refractivity contribution >= 4 is 32.3 Å². The molecule has 1 aliphatic heterocycles. The van der Waals surface area contributed by atoms with Crippen LogP contribution in [0.15, 0.2) is 66.9 Å². The van der Waals surface area contributed by atoms with Gasteiger partial charge in [0.1, 0.15) is 18.5 Å². The summed E-state index contributed by atoms with van der Waals surface area (Å²) in [6.45, 7) is 2.23. The smallest absolute Gasteiger partial charge is 0.228 e. The first-order valence-electron chi connectivity index (χ1n) is 12.3. The minimum atomic E-state index is 0.853. The fourth-order valence-electron chi connectivity index (χ4n) is 6.36. The Hall–Kier alpha value is -3.39. The number of aryl methyl sites for hydroxylation is 2. The molecule has 0 spiro atoms. The molecule has 0 amide bonds. The van der Waals surface area contributed by atoms with Crippen molar-refractivity contribution in [3.63, 3.8) is 0 Å². The maximum Gasteiger partial charge on any atom is 0.228 e. The molecule has 1 aliphatic carbocycles. The molecule has 0 saturated heterocycles. The summed E-state index contributed by atoms with van der Waals surface area (Å²) in [5, 5.41) is 7.62. The summed E-state index contributed by atoms with van der Waals surface area (Å²) >= 11 is 0. The molecule has 2 heteroatoms. The van der Waals surface area contributed by atoms with Gasteiger partial charge in [-0.2, -0.15) is 0 Å². The molecule has 4 aromatic carbocycles. The average molecular weight is 431 g/mol. The van der Waals surface area contributed by atoms with Crippen LogP contribution in [0.3, 0.4) is 0 Å². The van der Waals surface area contributed by atoms with E-state index in [1.807, 2.05) is 0 Å². The molecule has 0 radical (unpaired) electrons. The number of fused-ring (bicyclic) bond motifs is 5. The van der Waals surface area contributed by atoms with Crippen LogP contribution in [0.5, 0.6) is 11.5 Å². The Morgan fingerprint density at radius 3 is 2.55 bits per heavy atom. The third-order valence-corrected chi connectivity index (χ3v) is 7.99. The van der Waals surface area contributed by atoms with Gasteiger partial charge in [0.05, 0.1) is 10.9 Å². The Labute approximate surface area is 194 Å². The average Bonchev–Trinajstić information content (AvgIpc) is 3.33. The molecule has 1 saturated carbocycles. The molecule has 2 heterocycles. The number of aromatic nitrogens is 1. The molecule has 2 nitrogen and oxygen atoms in total. The van der Waals surface area contributed by atoms with Gasteiger partial charge >= 0.3 is 0 Å². The van der Waals surface area contributed by atoms with E-state index in [4.69, 9.17) is 4.74 Å². The van der Waals surface area contributed by atoms with E-state index in [0.29, 0.717) is 0 Å². The van der Waals surface area contributed by atoms with Crippen LogP contribution in [0.4, 0.5) is 0 Å². The van der Waals surface area contributed by atoms with Crippen LogP contribution < -0.4 is 9.30 Å². The highest BCUT2D eigenvalue weighted by Gasteiger charge is 2.31. The maximum absolute atomic E-state index is 6.66. The molecule has 33 heavy (non-hydrogen) atoms. The summed E-state index contributed by atoms with van der Waals surface area (Å²) in [6, 6.07) is 22.4. The molecular weight excluding hydrogens is 402 g/mol. The largest absolute Gasteiger partial charge is 0.456 e. The Balaban J connectivity index is 1.49. The predicted molar refractivity (Wildman–Crippen MR) is 136 cm³/mol. The molecular formula is C31H28NO+. The van der Waals surface area contributed by atoms with Gasteiger partial charge in [-0.25, -0.2) is 4.57 Å². The standard InChI is InChI=1S/C31H28NO/c1-19-24-10-6-5-9-22(24)17-27-29(19)31-30-26(13-14-32(31)2)25-12-11-21(15-20-7-3-4-8-20)16-23(25)18-28(30)33-27/h5-6,9-14,16-18,20H,3-4,7-8,15H2,1-2H3/q+1. The molecule has 1 aromatic heterocycles. The Bertz CT molecular complexity index is 1590. The van der Waals surface area contributed by atoms with Gasteiger partial charge in [-0.3, -0.25) is 0 Å². The van der Waals surface area contributed by atoms with Crippen LogP contribution in [0, 0.1) is 12.8 Å². The van der Waals surface area contributed by atoms with E-state index in [1.54, 1.807) is 0 Å². The Morgan fingerprint density at radius 2 is 1.67 bits per heavy atom. The number of hydrogen-bond acceptors (Lipinski definition) is 1. The van der Waals surface area contributed by atoms with Crippen LogP contribution in [0.1, 0.15) is 36.8 Å². The second kappa shape index (κ2) is 7.05. The highest BCUT2D eigenvalue weighted by molar-refractivity contribution is 6.16. The Kier molecular flexibility index (Phi) is 4.08. The van der Waals surface area contributed by atoms with Crippen LogP contribution >= 0.6 is 0 Å². The summed E-state index contributed by atoms with van der Waals surface area (Å²) in [5.74, 6) is 2.79. The second-order valence-corrected chi connectivity index (χ2v) is 10.0. The summed E-state index contributed by atoms with van der Waals surface area (Å²) in [7, 11) is 2.15. The molecule has 0 unspecified atom stereocenters. The third kappa shape index (κ3) is 2.83. The third-order valence-electron chi connectivity index (χ3n) is 7.99. The molecule has 5 aromatic rings. The van der Waals surface area contributed by atoms with Crippen molar-refractivity contribution in [2.45, 2.75) is 39.0 Å². The highest BCUT2D eigenvalue weighted by atomic mass is 16.5. The first-order chi connectivity index (χ1) is 16.2. The van der Waals surface area contributed by atoms with E-state index in [1.165, 1.54) is 86.8 Å². The lowest BCUT2D eigenvalue weighted by Crippen LogP contribution is -2.31. The monoisotopic (exact) mass is 430 g/mol. The first kappa shape index (κ1) is 19.1. The van der Waals surface area contributed by atoms with Crippen molar-refractivity contribution in [3.8, 4) is 22.8 Å². The summed E-state index contributed by atoms with van der Waals surface area (Å²) in [6.07, 6.45) is 8.97. The van der Waals surface area contributed by atoms with Crippen LogP contribution in [-0.2, 0) is 13.5 Å². The Morgan fingerprint density at radius 1 is 0.848 bits per heavy atom. The van der Waals surface area contributed by atoms with Crippen molar-refractivity contribution in [1.29, 1.82) is 0 Å². The fourth-order valence-corrected chi connectivity index (χ4v) is 6.36. The fraction of sp³-hybridized carbons (Fsp3) is 0.258. The van der Waals surface area contributed by atoms with Gasteiger partial charge in [-0.15, -0.1) is 0 Å². The molecule has 162 valence electrons. The van der Waals surface area contributed by atoms with Gasteiger partial charge < -0.3 is 4.74 Å². The van der Waals surface area contributed by atoms with Gasteiger partial charge in [0.2, 0.25) is 5.69 Å². The zero-order valence-electron chi connectivity index (χ0n) is 19.3. The van der Waals surface area contributed by atoms with Crippen LogP contribution in [0.2, 0.25) is 0 Å². The number of hydrogen-bond donors (Lipinski definition) is 0. The maximum atomic E-state index is 6.66. The van der Waals surface area contributed by atoms with E-state index in [9.17, 15) is 0 Å². The van der Waals surface area contributed by atoms with E-state index < -0.39 is 0 Å². The van der Waals surface area contributed by atoms with Crippen molar-refractivity contribution in [3.05, 3.63) is 78.0 Å². The van der Waals surface area contributed by atoms with Crippen molar-refractivity contribution in [2.24, 2.45) is 13.0 Å².